The van der Waals surface area contributed by atoms with E-state index < -0.39 is 34.1 Å². The Labute approximate surface area is 152 Å². The summed E-state index contributed by atoms with van der Waals surface area (Å²) in [5.41, 5.74) is -0.684. The zero-order valence-electron chi connectivity index (χ0n) is 14.9. The van der Waals surface area contributed by atoms with Crippen molar-refractivity contribution in [2.24, 2.45) is 5.84 Å². The van der Waals surface area contributed by atoms with Gasteiger partial charge >= 0.3 is 18.0 Å². The highest BCUT2D eigenvalue weighted by atomic mass is 32.1. The van der Waals surface area contributed by atoms with E-state index >= 15 is 0 Å². The normalized spacial score (nSPS) is 11.6. The fourth-order valence-corrected chi connectivity index (χ4v) is 1.92. The summed E-state index contributed by atoms with van der Waals surface area (Å²) in [6, 6.07) is 0.657. The van der Waals surface area contributed by atoms with Crippen molar-refractivity contribution < 1.29 is 30.7 Å². The molecule has 0 aliphatic rings. The van der Waals surface area contributed by atoms with Crippen molar-refractivity contribution in [2.45, 2.75) is 52.6 Å². The van der Waals surface area contributed by atoms with Gasteiger partial charge in [-0.1, -0.05) is 46.0 Å². The number of nitrogens with two attached hydrogens (primary N) is 2. The number of halogens is 7. The van der Waals surface area contributed by atoms with Gasteiger partial charge in [0.1, 0.15) is 4.99 Å². The highest BCUT2D eigenvalue weighted by Crippen LogP contribution is 2.53. The van der Waals surface area contributed by atoms with Crippen LogP contribution in [0, 0.1) is 6.92 Å². The number of nitrogens with one attached hydrogen (secondary N) is 1. The molecular weight excluding hydrogens is 387 g/mol. The second-order valence-electron chi connectivity index (χ2n) is 4.38. The Bertz CT molecular complexity index is 584. The second kappa shape index (κ2) is 9.91. The van der Waals surface area contributed by atoms with Gasteiger partial charge in [0, 0.05) is 16.8 Å². The topological polar surface area (TPSA) is 64.1 Å². The lowest BCUT2D eigenvalue weighted by molar-refractivity contribution is -0.348. The first-order valence-electron chi connectivity index (χ1n) is 7.51. The van der Waals surface area contributed by atoms with Crippen LogP contribution in [0.2, 0.25) is 0 Å². The predicted molar refractivity (Wildman–Crippen MR) is 92.2 cm³/mol. The fraction of sp³-hybridized carbons (Fsp3) is 0.533. The van der Waals surface area contributed by atoms with Crippen LogP contribution in [0.1, 0.15) is 44.4 Å². The van der Waals surface area contributed by atoms with Crippen LogP contribution in [0.5, 0.6) is 0 Å². The maximum atomic E-state index is 14.0. The van der Waals surface area contributed by atoms with Gasteiger partial charge in [0.15, 0.2) is 0 Å². The van der Waals surface area contributed by atoms with Crippen molar-refractivity contribution in [2.75, 3.05) is 5.73 Å². The molecule has 152 valence electrons. The summed E-state index contributed by atoms with van der Waals surface area (Å²) in [5.74, 6) is 4.97. The third-order valence-electron chi connectivity index (χ3n) is 2.94. The SMILES string of the molecule is CC.CC.Cc1cc(C(F)(C(F)(F)F)C(F)(F)F)cc(C(=S)NN)c1N. The third kappa shape index (κ3) is 5.19. The van der Waals surface area contributed by atoms with E-state index in [2.05, 4.69) is 12.2 Å². The smallest absolute Gasteiger partial charge is 0.398 e. The number of thiocarbonyl (C=S) groups is 1. The Hall–Kier alpha value is -1.62. The number of benzene rings is 1. The highest BCUT2D eigenvalue weighted by Gasteiger charge is 2.73. The predicted octanol–water partition coefficient (Wildman–Crippen LogP) is 5.06. The first-order valence-corrected chi connectivity index (χ1v) is 7.92. The van der Waals surface area contributed by atoms with Crippen LogP contribution in [0.3, 0.4) is 0 Å². The molecule has 0 bridgehead atoms. The van der Waals surface area contributed by atoms with E-state index in [0.717, 1.165) is 6.92 Å². The van der Waals surface area contributed by atoms with Crippen LogP contribution in [0.4, 0.5) is 36.4 Å². The summed E-state index contributed by atoms with van der Waals surface area (Å²) >= 11 is 4.64. The van der Waals surface area contributed by atoms with Crippen molar-refractivity contribution in [3.8, 4) is 0 Å². The number of alkyl halides is 7. The van der Waals surface area contributed by atoms with Crippen molar-refractivity contribution in [3.05, 3.63) is 28.8 Å². The monoisotopic (exact) mass is 409 g/mol. The first kappa shape index (κ1) is 26.6. The second-order valence-corrected chi connectivity index (χ2v) is 4.79. The zero-order valence-corrected chi connectivity index (χ0v) is 15.7. The molecule has 0 aromatic heterocycles. The van der Waals surface area contributed by atoms with Crippen LogP contribution in [0.25, 0.3) is 0 Å². The minimum Gasteiger partial charge on any atom is -0.398 e. The van der Waals surface area contributed by atoms with E-state index in [1.54, 1.807) is 0 Å². The third-order valence-corrected chi connectivity index (χ3v) is 3.28. The summed E-state index contributed by atoms with van der Waals surface area (Å²) in [5, 5.41) is 0. The van der Waals surface area contributed by atoms with Crippen molar-refractivity contribution in [1.82, 2.24) is 5.43 Å². The number of hydrogen-bond donors (Lipinski definition) is 3. The van der Waals surface area contributed by atoms with E-state index in [1.165, 1.54) is 0 Å². The van der Waals surface area contributed by atoms with E-state index in [9.17, 15) is 30.7 Å². The molecule has 0 amide bonds. The molecule has 11 heteroatoms. The van der Waals surface area contributed by atoms with Gasteiger partial charge in [0.25, 0.3) is 0 Å². The van der Waals surface area contributed by atoms with Crippen LogP contribution < -0.4 is 17.0 Å². The summed E-state index contributed by atoms with van der Waals surface area (Å²) in [6.45, 7) is 9.12. The largest absolute Gasteiger partial charge is 0.435 e. The molecule has 0 heterocycles. The standard InChI is InChI=1S/C11H10F7N3S.2C2H6/c1-4-2-5(3-6(7(4)19)8(22)21-20)9(12,10(13,14)15)11(16,17)18;2*1-2/h2-3H,19-20H2,1H3,(H,21,22);2*1-2H3. The molecule has 0 aliphatic carbocycles. The molecule has 1 aromatic rings. The van der Waals surface area contributed by atoms with Gasteiger partial charge in [-0.05, 0) is 18.6 Å². The lowest BCUT2D eigenvalue weighted by Crippen LogP contribution is -2.50. The number of rotatable bonds is 2. The molecule has 0 aliphatic heterocycles. The van der Waals surface area contributed by atoms with Crippen molar-refractivity contribution in [3.63, 3.8) is 0 Å². The fourth-order valence-electron chi connectivity index (χ4n) is 1.75. The minimum absolute atomic E-state index is 0.208. The lowest BCUT2D eigenvalue weighted by atomic mass is 9.90. The molecular formula is C15H22F7N3S. The van der Waals surface area contributed by atoms with Gasteiger partial charge in [0.2, 0.25) is 0 Å². The van der Waals surface area contributed by atoms with Gasteiger partial charge in [-0.15, -0.1) is 0 Å². The van der Waals surface area contributed by atoms with E-state index in [4.69, 9.17) is 11.6 Å². The van der Waals surface area contributed by atoms with Gasteiger partial charge in [0.05, 0.1) is 0 Å². The van der Waals surface area contributed by atoms with E-state index in [1.807, 2.05) is 33.1 Å². The van der Waals surface area contributed by atoms with Gasteiger partial charge in [-0.2, -0.15) is 26.3 Å². The van der Waals surface area contributed by atoms with E-state index in [-0.39, 0.29) is 17.3 Å². The molecule has 0 saturated carbocycles. The maximum Gasteiger partial charge on any atom is 0.435 e. The molecule has 0 saturated heterocycles. The van der Waals surface area contributed by atoms with Gasteiger partial charge in [-0.25, -0.2) is 10.2 Å². The summed E-state index contributed by atoms with van der Waals surface area (Å²) < 4.78 is 90.4. The molecule has 0 spiro atoms. The molecule has 0 radical (unpaired) electrons. The number of anilines is 1. The van der Waals surface area contributed by atoms with Crippen molar-refractivity contribution >= 4 is 22.9 Å². The Morgan fingerprint density at radius 1 is 0.923 bits per heavy atom. The molecule has 0 unspecified atom stereocenters. The number of aryl methyl sites for hydroxylation is 1. The number of hydrogen-bond acceptors (Lipinski definition) is 3. The molecule has 1 aromatic carbocycles. The Morgan fingerprint density at radius 3 is 1.62 bits per heavy atom. The maximum absolute atomic E-state index is 14.0. The number of nitrogen functional groups attached to an aromatic ring is 1. The summed E-state index contributed by atoms with van der Waals surface area (Å²) in [7, 11) is 0. The van der Waals surface area contributed by atoms with Crippen LogP contribution in [0.15, 0.2) is 12.1 Å². The highest BCUT2D eigenvalue weighted by molar-refractivity contribution is 7.80. The molecule has 1 rings (SSSR count). The summed E-state index contributed by atoms with van der Waals surface area (Å²) in [4.78, 5) is -0.422. The molecule has 5 N–H and O–H groups in total. The minimum atomic E-state index is -6.22. The molecule has 3 nitrogen and oxygen atoms in total. The average molecular weight is 409 g/mol. The van der Waals surface area contributed by atoms with Gasteiger partial charge in [-0.3, -0.25) is 0 Å². The van der Waals surface area contributed by atoms with Crippen LogP contribution in [-0.2, 0) is 5.67 Å². The Balaban J connectivity index is 0. The van der Waals surface area contributed by atoms with E-state index in [0.29, 0.717) is 6.07 Å². The van der Waals surface area contributed by atoms with Gasteiger partial charge < -0.3 is 11.2 Å². The molecule has 0 fully saturated rings. The average Bonchev–Trinajstić information content (AvgIpc) is 2.57. The first-order chi connectivity index (χ1) is 11.8. The van der Waals surface area contributed by atoms with Crippen molar-refractivity contribution in [1.29, 1.82) is 0 Å². The number of hydrazine groups is 1. The summed E-state index contributed by atoms with van der Waals surface area (Å²) in [6.07, 6.45) is -12.4. The van der Waals surface area contributed by atoms with Crippen LogP contribution in [-0.4, -0.2) is 17.3 Å². The quantitative estimate of drug-likeness (QED) is 0.210. The molecule has 0 atom stereocenters. The lowest BCUT2D eigenvalue weighted by Gasteiger charge is -2.31. The Kier molecular flexibility index (Phi) is 10.1. The van der Waals surface area contributed by atoms with Crippen LogP contribution >= 0.6 is 12.2 Å². The molecule has 26 heavy (non-hydrogen) atoms. The Morgan fingerprint density at radius 2 is 1.31 bits per heavy atom. The zero-order chi connectivity index (χ0) is 21.5.